The van der Waals surface area contributed by atoms with Gasteiger partial charge >= 0.3 is 0 Å². The van der Waals surface area contributed by atoms with E-state index < -0.39 is 0 Å². The number of nitrogens with two attached hydrogens (primary N) is 1. The number of nitrogens with one attached hydrogen (secondary N) is 1. The summed E-state index contributed by atoms with van der Waals surface area (Å²) in [6, 6.07) is 22.6. The fourth-order valence-electron chi connectivity index (χ4n) is 3.89. The van der Waals surface area contributed by atoms with Crippen LogP contribution in [0.25, 0.3) is 22.2 Å². The molecule has 0 saturated heterocycles. The zero-order chi connectivity index (χ0) is 23.7. The number of ether oxygens (including phenoxy) is 1. The van der Waals surface area contributed by atoms with Gasteiger partial charge in [0.05, 0.1) is 24.7 Å². The van der Waals surface area contributed by atoms with Crippen LogP contribution in [0.1, 0.15) is 21.5 Å². The Kier molecular flexibility index (Phi) is 5.77. The van der Waals surface area contributed by atoms with Crippen molar-refractivity contribution in [2.24, 2.45) is 0 Å². The molecule has 2 aromatic heterocycles. The van der Waals surface area contributed by atoms with E-state index in [4.69, 9.17) is 32.0 Å². The molecule has 34 heavy (non-hydrogen) atoms. The number of hydrogen-bond acceptors (Lipinski definition) is 5. The van der Waals surface area contributed by atoms with E-state index in [1.807, 2.05) is 65.2 Å². The van der Waals surface area contributed by atoms with E-state index in [2.05, 4.69) is 5.32 Å². The number of aromatic nitrogens is 3. The number of nitrogens with zero attached hydrogens (tertiary/aromatic N) is 3. The van der Waals surface area contributed by atoms with Gasteiger partial charge in [-0.1, -0.05) is 48.0 Å². The lowest BCUT2D eigenvalue weighted by molar-refractivity contribution is 0.0953. The monoisotopic (exact) mass is 471 g/mol. The molecule has 1 amide bonds. The van der Waals surface area contributed by atoms with Gasteiger partial charge in [-0.25, -0.2) is 9.97 Å². The average molecular weight is 472 g/mol. The number of halogens is 1. The lowest BCUT2D eigenvalue weighted by Crippen LogP contribution is -2.24. The third kappa shape index (κ3) is 4.13. The van der Waals surface area contributed by atoms with Crippen LogP contribution in [-0.2, 0) is 13.1 Å². The maximum absolute atomic E-state index is 13.3. The first kappa shape index (κ1) is 21.7. The molecule has 3 N–H and O–H groups in total. The molecular weight excluding hydrogens is 450 g/mol. The molecule has 0 atom stereocenters. The molecule has 0 aliphatic carbocycles. The van der Waals surface area contributed by atoms with Gasteiger partial charge in [-0.3, -0.25) is 4.79 Å². The highest BCUT2D eigenvalue weighted by Crippen LogP contribution is 2.29. The second kappa shape index (κ2) is 9.03. The third-order valence-corrected chi connectivity index (χ3v) is 5.94. The minimum absolute atomic E-state index is 0.310. The maximum Gasteiger partial charge on any atom is 0.257 e. The third-order valence-electron chi connectivity index (χ3n) is 5.68. The summed E-state index contributed by atoms with van der Waals surface area (Å²) in [5.74, 6) is 0.771. The number of methoxy groups -OCH3 is 1. The first-order valence-electron chi connectivity index (χ1n) is 10.7. The summed E-state index contributed by atoms with van der Waals surface area (Å²) >= 11 is 5.96. The normalized spacial score (nSPS) is 11.1. The van der Waals surface area contributed by atoms with Crippen LogP contribution in [0.15, 0.2) is 72.8 Å². The smallest absolute Gasteiger partial charge is 0.257 e. The van der Waals surface area contributed by atoms with Crippen molar-refractivity contribution < 1.29 is 9.53 Å². The minimum Gasteiger partial charge on any atom is -0.497 e. The molecule has 3 aromatic carbocycles. The zero-order valence-electron chi connectivity index (χ0n) is 18.5. The van der Waals surface area contributed by atoms with Crippen molar-refractivity contribution in [1.82, 2.24) is 19.9 Å². The van der Waals surface area contributed by atoms with Crippen LogP contribution in [0.4, 0.5) is 5.82 Å². The van der Waals surface area contributed by atoms with E-state index >= 15 is 0 Å². The van der Waals surface area contributed by atoms with E-state index in [1.54, 1.807) is 19.2 Å². The lowest BCUT2D eigenvalue weighted by Gasteiger charge is -2.09. The Balaban J connectivity index is 1.56. The van der Waals surface area contributed by atoms with Gasteiger partial charge in [0.15, 0.2) is 5.65 Å². The SMILES string of the molecule is COc1ccc(Cn2c(N)c(C(=O)NCc3ccc(Cl)cc3)c3nc4ccccc4nc32)cc1. The van der Waals surface area contributed by atoms with Gasteiger partial charge in [-0.2, -0.15) is 0 Å². The number of para-hydroxylation sites is 2. The first-order valence-corrected chi connectivity index (χ1v) is 11.1. The van der Waals surface area contributed by atoms with Crippen LogP contribution in [0, 0.1) is 0 Å². The van der Waals surface area contributed by atoms with Crippen LogP contribution >= 0.6 is 11.6 Å². The molecule has 0 fully saturated rings. The summed E-state index contributed by atoms with van der Waals surface area (Å²) in [5.41, 5.74) is 11.2. The summed E-state index contributed by atoms with van der Waals surface area (Å²) in [4.78, 5) is 22.8. The zero-order valence-corrected chi connectivity index (χ0v) is 19.2. The van der Waals surface area contributed by atoms with E-state index in [9.17, 15) is 4.79 Å². The van der Waals surface area contributed by atoms with Crippen molar-refractivity contribution in [3.63, 3.8) is 0 Å². The van der Waals surface area contributed by atoms with Crippen molar-refractivity contribution in [1.29, 1.82) is 0 Å². The molecule has 0 saturated carbocycles. The average Bonchev–Trinajstić information content (AvgIpc) is 3.12. The van der Waals surface area contributed by atoms with Crippen molar-refractivity contribution in [3.05, 3.63) is 94.5 Å². The molecule has 0 aliphatic rings. The van der Waals surface area contributed by atoms with Gasteiger partial charge in [-0.15, -0.1) is 0 Å². The molecule has 170 valence electrons. The molecule has 0 bridgehead atoms. The van der Waals surface area contributed by atoms with Crippen LogP contribution in [0.5, 0.6) is 5.75 Å². The van der Waals surface area contributed by atoms with Gasteiger partial charge in [0.25, 0.3) is 5.91 Å². The van der Waals surface area contributed by atoms with Crippen molar-refractivity contribution in [3.8, 4) is 5.75 Å². The highest BCUT2D eigenvalue weighted by atomic mass is 35.5. The summed E-state index contributed by atoms with van der Waals surface area (Å²) < 4.78 is 7.08. The Morgan fingerprint density at radius 2 is 1.62 bits per heavy atom. The Bertz CT molecular complexity index is 1490. The Hall–Kier alpha value is -4.10. The van der Waals surface area contributed by atoms with Crippen molar-refractivity contribution in [2.45, 2.75) is 13.1 Å². The number of rotatable bonds is 6. The molecule has 7 nitrogen and oxygen atoms in total. The fourth-order valence-corrected chi connectivity index (χ4v) is 4.01. The highest BCUT2D eigenvalue weighted by Gasteiger charge is 2.24. The van der Waals surface area contributed by atoms with Gasteiger partial charge in [0.1, 0.15) is 22.6 Å². The summed E-state index contributed by atoms with van der Waals surface area (Å²) in [6.45, 7) is 0.769. The second-order valence-corrected chi connectivity index (χ2v) is 8.32. The van der Waals surface area contributed by atoms with Crippen LogP contribution in [0.3, 0.4) is 0 Å². The second-order valence-electron chi connectivity index (χ2n) is 7.89. The minimum atomic E-state index is -0.310. The topological polar surface area (TPSA) is 95.1 Å². The number of fused-ring (bicyclic) bond motifs is 2. The number of anilines is 1. The predicted octanol–water partition coefficient (Wildman–Crippen LogP) is 4.81. The highest BCUT2D eigenvalue weighted by molar-refractivity contribution is 6.30. The van der Waals surface area contributed by atoms with Crippen molar-refractivity contribution >= 4 is 45.5 Å². The number of amides is 1. The number of carbonyl (C=O) groups excluding carboxylic acids is 1. The summed E-state index contributed by atoms with van der Waals surface area (Å²) in [6.07, 6.45) is 0. The molecule has 0 unspecified atom stereocenters. The largest absolute Gasteiger partial charge is 0.497 e. The molecular formula is C26H22ClN5O2. The van der Waals surface area contributed by atoms with E-state index in [-0.39, 0.29) is 5.91 Å². The number of carbonyl (C=O) groups is 1. The van der Waals surface area contributed by atoms with Crippen molar-refractivity contribution in [2.75, 3.05) is 12.8 Å². The molecule has 5 aromatic rings. The lowest BCUT2D eigenvalue weighted by atomic mass is 10.2. The van der Waals surface area contributed by atoms with E-state index in [0.717, 1.165) is 22.4 Å². The Labute approximate surface area is 201 Å². The fraction of sp³-hybridized carbons (Fsp3) is 0.115. The van der Waals surface area contributed by atoms with Gasteiger partial charge in [-0.05, 0) is 47.5 Å². The quantitative estimate of drug-likeness (QED) is 0.370. The van der Waals surface area contributed by atoms with Crippen LogP contribution in [0.2, 0.25) is 5.02 Å². The molecule has 2 heterocycles. The predicted molar refractivity (Wildman–Crippen MR) is 134 cm³/mol. The molecule has 0 aliphatic heterocycles. The first-order chi connectivity index (χ1) is 16.5. The number of benzene rings is 3. The van der Waals surface area contributed by atoms with Gasteiger partial charge < -0.3 is 20.4 Å². The van der Waals surface area contributed by atoms with Crippen LogP contribution < -0.4 is 15.8 Å². The molecule has 0 radical (unpaired) electrons. The standard InChI is InChI=1S/C26H22ClN5O2/c1-34-19-12-8-17(9-13-19)15-32-24(28)22(26(33)29-14-16-6-10-18(27)11-7-16)23-25(32)31-21-5-3-2-4-20(21)30-23/h2-13H,14-15,28H2,1H3,(H,29,33). The maximum atomic E-state index is 13.3. The number of nitrogen functional groups attached to an aromatic ring is 1. The van der Waals surface area contributed by atoms with E-state index in [1.165, 1.54) is 0 Å². The number of hydrogen-bond donors (Lipinski definition) is 2. The summed E-state index contributed by atoms with van der Waals surface area (Å²) in [7, 11) is 1.63. The molecule has 5 rings (SSSR count). The molecule has 8 heteroatoms. The summed E-state index contributed by atoms with van der Waals surface area (Å²) in [5, 5.41) is 3.59. The molecule has 0 spiro atoms. The van der Waals surface area contributed by atoms with Crippen LogP contribution in [-0.4, -0.2) is 27.6 Å². The van der Waals surface area contributed by atoms with E-state index in [0.29, 0.717) is 46.2 Å². The van der Waals surface area contributed by atoms with Gasteiger partial charge in [0, 0.05) is 11.6 Å². The van der Waals surface area contributed by atoms with Gasteiger partial charge in [0.2, 0.25) is 0 Å². The Morgan fingerprint density at radius 1 is 0.971 bits per heavy atom. The Morgan fingerprint density at radius 3 is 2.29 bits per heavy atom.